The number of carbonyl (C=O) groups is 1. The number of thiophene rings is 1. The van der Waals surface area contributed by atoms with Crippen LogP contribution in [0.5, 0.6) is 0 Å². The molecule has 5 heterocycles. The molecule has 3 aliphatic heterocycles. The Hall–Kier alpha value is -2.03. The molecule has 8 heteroatoms. The predicted octanol–water partition coefficient (Wildman–Crippen LogP) is 1.45. The molecule has 0 aromatic carbocycles. The number of hydrogen-bond acceptors (Lipinski definition) is 6. The highest BCUT2D eigenvalue weighted by atomic mass is 32.1. The highest BCUT2D eigenvalue weighted by molar-refractivity contribution is 7.14. The first kappa shape index (κ1) is 17.1. The fraction of sp³-hybridized carbons (Fsp3) is 0.526. The number of aryl methyl sites for hydroxylation is 1. The van der Waals surface area contributed by atoms with E-state index in [2.05, 4.69) is 15.3 Å². The maximum atomic E-state index is 13.1. The van der Waals surface area contributed by atoms with Gasteiger partial charge in [0.1, 0.15) is 11.4 Å². The van der Waals surface area contributed by atoms with Crippen LogP contribution in [0.3, 0.4) is 0 Å². The van der Waals surface area contributed by atoms with Crippen LogP contribution in [-0.2, 0) is 29.8 Å². The van der Waals surface area contributed by atoms with Crippen LogP contribution in [0.4, 0.5) is 0 Å². The Kier molecular flexibility index (Phi) is 3.96. The number of piperidine rings is 1. The Morgan fingerprint density at radius 2 is 2.15 bits per heavy atom. The molecule has 142 valence electrons. The molecule has 0 bridgehead atoms. The molecule has 27 heavy (non-hydrogen) atoms. The third kappa shape index (κ3) is 2.74. The van der Waals surface area contributed by atoms with Crippen molar-refractivity contribution >= 4 is 17.2 Å². The largest absolute Gasteiger partial charge is 0.369 e. The van der Waals surface area contributed by atoms with E-state index in [1.54, 1.807) is 23.2 Å². The molecule has 3 aliphatic rings. The average Bonchev–Trinajstić information content (AvgIpc) is 3.27. The number of carbonyl (C=O) groups excluding carboxylic acids is 1. The first-order valence-electron chi connectivity index (χ1n) is 9.41. The Labute approximate surface area is 160 Å². The van der Waals surface area contributed by atoms with E-state index in [0.29, 0.717) is 36.8 Å². The lowest BCUT2D eigenvalue weighted by atomic mass is 9.86. The second-order valence-corrected chi connectivity index (χ2v) is 8.60. The minimum Gasteiger partial charge on any atom is -0.369 e. The van der Waals surface area contributed by atoms with E-state index in [4.69, 9.17) is 4.74 Å². The molecule has 1 fully saturated rings. The number of nitrogens with zero attached hydrogens (tertiary/aromatic N) is 2. The van der Waals surface area contributed by atoms with Gasteiger partial charge >= 0.3 is 0 Å². The zero-order valence-corrected chi connectivity index (χ0v) is 16.1. The fourth-order valence-electron chi connectivity index (χ4n) is 4.42. The molecule has 2 aromatic rings. The Morgan fingerprint density at radius 3 is 2.96 bits per heavy atom. The average molecular weight is 386 g/mol. The Bertz CT molecular complexity index is 974. The summed E-state index contributed by atoms with van der Waals surface area (Å²) < 4.78 is 6.22. The van der Waals surface area contributed by atoms with Crippen molar-refractivity contribution in [3.63, 3.8) is 0 Å². The van der Waals surface area contributed by atoms with Crippen molar-refractivity contribution in [2.45, 2.75) is 44.9 Å². The molecule has 0 aliphatic carbocycles. The molecule has 7 nitrogen and oxygen atoms in total. The summed E-state index contributed by atoms with van der Waals surface area (Å²) in [6, 6.07) is 2.04. The standard InChI is InChI=1S/C19H22N4O3S/c1-11-21-14-10-23(9-13(14)17(24)22-11)18(25)15-8-12-2-7-26-19(16(12)27-15)3-5-20-6-4-19/h8,20H,2-7,9-10H2,1H3,(H,21,22,24). The summed E-state index contributed by atoms with van der Waals surface area (Å²) in [5.41, 5.74) is 2.20. The molecule has 0 radical (unpaired) electrons. The molecule has 0 unspecified atom stereocenters. The minimum absolute atomic E-state index is 0.0199. The molecule has 0 atom stereocenters. The number of nitrogens with one attached hydrogen (secondary N) is 2. The summed E-state index contributed by atoms with van der Waals surface area (Å²) in [7, 11) is 0. The van der Waals surface area contributed by atoms with E-state index in [-0.39, 0.29) is 17.1 Å². The number of rotatable bonds is 1. The highest BCUT2D eigenvalue weighted by Gasteiger charge is 2.41. The van der Waals surface area contributed by atoms with Gasteiger partial charge in [-0.25, -0.2) is 4.98 Å². The summed E-state index contributed by atoms with van der Waals surface area (Å²) in [5, 5.41) is 3.39. The Morgan fingerprint density at radius 1 is 1.33 bits per heavy atom. The number of H-pyrrole nitrogens is 1. The van der Waals surface area contributed by atoms with E-state index in [0.717, 1.165) is 37.2 Å². The van der Waals surface area contributed by atoms with Gasteiger partial charge in [0.15, 0.2) is 0 Å². The van der Waals surface area contributed by atoms with Crippen molar-refractivity contribution in [1.29, 1.82) is 0 Å². The van der Waals surface area contributed by atoms with Crippen LogP contribution in [0.2, 0.25) is 0 Å². The summed E-state index contributed by atoms with van der Waals surface area (Å²) in [5.74, 6) is 0.568. The van der Waals surface area contributed by atoms with Crippen LogP contribution in [0, 0.1) is 6.92 Å². The number of ether oxygens (including phenoxy) is 1. The summed E-state index contributed by atoms with van der Waals surface area (Å²) >= 11 is 1.57. The smallest absolute Gasteiger partial charge is 0.264 e. The molecular weight excluding hydrogens is 364 g/mol. The summed E-state index contributed by atoms with van der Waals surface area (Å²) in [6.07, 6.45) is 2.75. The molecule has 1 spiro atoms. The highest BCUT2D eigenvalue weighted by Crippen LogP contribution is 2.44. The summed E-state index contributed by atoms with van der Waals surface area (Å²) in [4.78, 5) is 36.1. The van der Waals surface area contributed by atoms with E-state index >= 15 is 0 Å². The molecule has 0 saturated carbocycles. The van der Waals surface area contributed by atoms with Gasteiger partial charge in [0, 0.05) is 4.88 Å². The second-order valence-electron chi connectivity index (χ2n) is 7.55. The lowest BCUT2D eigenvalue weighted by molar-refractivity contribution is -0.0771. The lowest BCUT2D eigenvalue weighted by Crippen LogP contribution is -2.43. The fourth-order valence-corrected chi connectivity index (χ4v) is 5.80. The van der Waals surface area contributed by atoms with Crippen LogP contribution in [0.1, 0.15) is 50.0 Å². The molecule has 1 amide bonds. The van der Waals surface area contributed by atoms with Crippen molar-refractivity contribution < 1.29 is 9.53 Å². The van der Waals surface area contributed by atoms with Crippen molar-refractivity contribution in [2.75, 3.05) is 19.7 Å². The molecule has 2 aromatic heterocycles. The molecule has 1 saturated heterocycles. The predicted molar refractivity (Wildman–Crippen MR) is 101 cm³/mol. The topological polar surface area (TPSA) is 87.3 Å². The molecular formula is C19H22N4O3S. The van der Waals surface area contributed by atoms with Crippen molar-refractivity contribution in [3.05, 3.63) is 48.8 Å². The number of aromatic nitrogens is 2. The second kappa shape index (κ2) is 6.25. The minimum atomic E-state index is -0.230. The number of aromatic amines is 1. The van der Waals surface area contributed by atoms with Gasteiger partial charge in [0.05, 0.1) is 35.8 Å². The van der Waals surface area contributed by atoms with Crippen LogP contribution in [-0.4, -0.2) is 40.5 Å². The van der Waals surface area contributed by atoms with Gasteiger partial charge in [-0.1, -0.05) is 0 Å². The quantitative estimate of drug-likeness (QED) is 0.775. The van der Waals surface area contributed by atoms with Crippen molar-refractivity contribution in [2.24, 2.45) is 0 Å². The van der Waals surface area contributed by atoms with Gasteiger partial charge in [-0.15, -0.1) is 11.3 Å². The van der Waals surface area contributed by atoms with Gasteiger partial charge in [-0.3, -0.25) is 9.59 Å². The molecule has 2 N–H and O–H groups in total. The number of amides is 1. The van der Waals surface area contributed by atoms with Crippen molar-refractivity contribution in [1.82, 2.24) is 20.2 Å². The summed E-state index contributed by atoms with van der Waals surface area (Å²) in [6.45, 7) is 5.08. The molecule has 5 rings (SSSR count). The SMILES string of the molecule is Cc1nc2c(c(=O)[nH]1)CN(C(=O)c1cc3c(s1)C1(CCNCC1)OCC3)C2. The van der Waals surface area contributed by atoms with Crippen LogP contribution in [0.15, 0.2) is 10.9 Å². The van der Waals surface area contributed by atoms with Gasteiger partial charge in [0.2, 0.25) is 0 Å². The van der Waals surface area contributed by atoms with E-state index in [1.165, 1.54) is 10.4 Å². The van der Waals surface area contributed by atoms with Gasteiger partial charge < -0.3 is 19.9 Å². The van der Waals surface area contributed by atoms with Crippen LogP contribution < -0.4 is 10.9 Å². The van der Waals surface area contributed by atoms with Crippen molar-refractivity contribution in [3.8, 4) is 0 Å². The third-order valence-corrected chi connectivity index (χ3v) is 7.14. The van der Waals surface area contributed by atoms with E-state index in [1.807, 2.05) is 6.07 Å². The van der Waals surface area contributed by atoms with Gasteiger partial charge in [-0.2, -0.15) is 0 Å². The van der Waals surface area contributed by atoms with E-state index < -0.39 is 0 Å². The van der Waals surface area contributed by atoms with Gasteiger partial charge in [-0.05, 0) is 50.9 Å². The Balaban J connectivity index is 1.44. The maximum Gasteiger partial charge on any atom is 0.264 e. The number of hydrogen-bond donors (Lipinski definition) is 2. The third-order valence-electron chi connectivity index (χ3n) is 5.79. The first-order chi connectivity index (χ1) is 13.1. The van der Waals surface area contributed by atoms with Crippen LogP contribution in [0.25, 0.3) is 0 Å². The monoisotopic (exact) mass is 386 g/mol. The zero-order valence-electron chi connectivity index (χ0n) is 15.3. The first-order valence-corrected chi connectivity index (χ1v) is 10.2. The number of fused-ring (bicyclic) bond motifs is 3. The van der Waals surface area contributed by atoms with Gasteiger partial charge in [0.25, 0.3) is 11.5 Å². The van der Waals surface area contributed by atoms with E-state index in [9.17, 15) is 9.59 Å². The zero-order chi connectivity index (χ0) is 18.6. The van der Waals surface area contributed by atoms with Crippen LogP contribution >= 0.6 is 11.3 Å². The normalized spacial score (nSPS) is 20.6. The lowest BCUT2D eigenvalue weighted by Gasteiger charge is -2.40. The maximum absolute atomic E-state index is 13.1.